The van der Waals surface area contributed by atoms with Gasteiger partial charge in [0.1, 0.15) is 0 Å². The number of carbonyl (C=O) groups excluding carboxylic acids is 1. The first-order chi connectivity index (χ1) is 15.9. The summed E-state index contributed by atoms with van der Waals surface area (Å²) in [6, 6.07) is 28.1. The molecule has 0 radical (unpaired) electrons. The molecule has 0 aliphatic heterocycles. The van der Waals surface area contributed by atoms with Crippen molar-refractivity contribution in [1.29, 1.82) is 0 Å². The third-order valence-electron chi connectivity index (χ3n) is 5.84. The first-order valence-electron chi connectivity index (χ1n) is 10.8. The van der Waals surface area contributed by atoms with Crippen LogP contribution in [0.5, 0.6) is 0 Å². The van der Waals surface area contributed by atoms with Crippen LogP contribution in [0, 0.1) is 20.8 Å². The minimum absolute atomic E-state index is 0.474. The molecule has 0 unspecified atom stereocenters. The lowest BCUT2D eigenvalue weighted by atomic mass is 9.85. The first-order valence-corrected chi connectivity index (χ1v) is 10.8. The summed E-state index contributed by atoms with van der Waals surface area (Å²) in [4.78, 5) is 13.2. The number of carbonyl (C=O) groups is 1. The van der Waals surface area contributed by atoms with Crippen LogP contribution < -0.4 is 5.43 Å². The smallest absolute Gasteiger partial charge is 0.281 e. The van der Waals surface area contributed by atoms with Crippen molar-refractivity contribution in [2.75, 3.05) is 0 Å². The van der Waals surface area contributed by atoms with E-state index in [2.05, 4.69) is 46.3 Å². The molecule has 4 rings (SSSR count). The van der Waals surface area contributed by atoms with E-state index in [1.165, 1.54) is 5.56 Å². The summed E-state index contributed by atoms with van der Waals surface area (Å²) in [5.41, 5.74) is 6.86. The molecule has 3 aromatic carbocycles. The fourth-order valence-electron chi connectivity index (χ4n) is 4.04. The van der Waals surface area contributed by atoms with Gasteiger partial charge in [0, 0.05) is 22.6 Å². The number of nitrogens with one attached hydrogen (secondary N) is 1. The quantitative estimate of drug-likeness (QED) is 0.336. The zero-order chi connectivity index (χ0) is 23.4. The third-order valence-corrected chi connectivity index (χ3v) is 5.84. The van der Waals surface area contributed by atoms with Crippen LogP contribution in [-0.2, 0) is 10.4 Å². The molecule has 0 fully saturated rings. The zero-order valence-electron chi connectivity index (χ0n) is 19.0. The van der Waals surface area contributed by atoms with Crippen LogP contribution in [0.1, 0.15) is 33.6 Å². The van der Waals surface area contributed by atoms with Crippen LogP contribution in [0.3, 0.4) is 0 Å². The maximum absolute atomic E-state index is 13.2. The molecule has 33 heavy (non-hydrogen) atoms. The number of rotatable bonds is 6. The second-order valence-corrected chi connectivity index (χ2v) is 8.14. The molecule has 0 saturated carbocycles. The average molecular weight is 438 g/mol. The van der Waals surface area contributed by atoms with E-state index in [-0.39, 0.29) is 0 Å². The van der Waals surface area contributed by atoms with E-state index in [4.69, 9.17) is 0 Å². The Hall–Kier alpha value is -3.96. The Balaban J connectivity index is 1.61. The molecule has 0 spiro atoms. The topological polar surface area (TPSA) is 66.6 Å². The highest BCUT2D eigenvalue weighted by molar-refractivity contribution is 5.91. The van der Waals surface area contributed by atoms with Gasteiger partial charge in [0.25, 0.3) is 5.91 Å². The lowest BCUT2D eigenvalue weighted by Gasteiger charge is -2.27. The van der Waals surface area contributed by atoms with Crippen LogP contribution in [0.25, 0.3) is 5.69 Å². The summed E-state index contributed by atoms with van der Waals surface area (Å²) < 4.78 is 2.15. The number of amides is 1. The van der Waals surface area contributed by atoms with Gasteiger partial charge in [-0.3, -0.25) is 4.79 Å². The van der Waals surface area contributed by atoms with Gasteiger partial charge in [-0.25, -0.2) is 5.43 Å². The van der Waals surface area contributed by atoms with Gasteiger partial charge in [-0.15, -0.1) is 0 Å². The summed E-state index contributed by atoms with van der Waals surface area (Å²) >= 11 is 0. The summed E-state index contributed by atoms with van der Waals surface area (Å²) in [6.07, 6.45) is 1.61. The molecular formula is C28H27N3O2. The Bertz CT molecular complexity index is 1230. The summed E-state index contributed by atoms with van der Waals surface area (Å²) in [5.74, 6) is -0.622. The van der Waals surface area contributed by atoms with Crippen LogP contribution in [0.2, 0.25) is 0 Å². The highest BCUT2D eigenvalue weighted by Crippen LogP contribution is 2.30. The lowest BCUT2D eigenvalue weighted by molar-refractivity contribution is -0.136. The number of aliphatic hydroxyl groups is 1. The molecule has 0 bridgehead atoms. The summed E-state index contributed by atoms with van der Waals surface area (Å²) in [7, 11) is 0. The molecule has 1 heterocycles. The van der Waals surface area contributed by atoms with Crippen molar-refractivity contribution in [1.82, 2.24) is 9.99 Å². The van der Waals surface area contributed by atoms with Crippen molar-refractivity contribution in [2.45, 2.75) is 26.4 Å². The Morgan fingerprint density at radius 1 is 0.879 bits per heavy atom. The highest BCUT2D eigenvalue weighted by Gasteiger charge is 2.39. The number of hydrogen-bond donors (Lipinski definition) is 2. The number of nitrogens with zero attached hydrogens (tertiary/aromatic N) is 2. The highest BCUT2D eigenvalue weighted by atomic mass is 16.3. The Morgan fingerprint density at radius 3 is 1.97 bits per heavy atom. The van der Waals surface area contributed by atoms with Crippen molar-refractivity contribution < 1.29 is 9.90 Å². The number of benzene rings is 3. The van der Waals surface area contributed by atoms with Crippen LogP contribution in [-0.4, -0.2) is 21.8 Å². The first kappa shape index (κ1) is 22.2. The van der Waals surface area contributed by atoms with E-state index in [1.807, 2.05) is 32.0 Å². The van der Waals surface area contributed by atoms with Gasteiger partial charge in [-0.1, -0.05) is 78.4 Å². The molecule has 4 aromatic rings. The van der Waals surface area contributed by atoms with Crippen molar-refractivity contribution in [3.63, 3.8) is 0 Å². The largest absolute Gasteiger partial charge is 0.372 e. The number of hydrazone groups is 1. The minimum atomic E-state index is -1.86. The van der Waals surface area contributed by atoms with Crippen LogP contribution >= 0.6 is 0 Å². The fraction of sp³-hybridized carbons (Fsp3) is 0.143. The monoisotopic (exact) mass is 437 g/mol. The van der Waals surface area contributed by atoms with Gasteiger partial charge < -0.3 is 9.67 Å². The zero-order valence-corrected chi connectivity index (χ0v) is 19.0. The molecule has 166 valence electrons. The van der Waals surface area contributed by atoms with E-state index >= 15 is 0 Å². The molecule has 0 saturated heterocycles. The van der Waals surface area contributed by atoms with Crippen molar-refractivity contribution >= 4 is 12.1 Å². The minimum Gasteiger partial charge on any atom is -0.372 e. The average Bonchev–Trinajstić information content (AvgIpc) is 3.13. The molecular weight excluding hydrogens is 410 g/mol. The van der Waals surface area contributed by atoms with Gasteiger partial charge in [-0.05, 0) is 50.1 Å². The van der Waals surface area contributed by atoms with E-state index < -0.39 is 11.5 Å². The lowest BCUT2D eigenvalue weighted by Crippen LogP contribution is -2.43. The Morgan fingerprint density at radius 2 is 1.42 bits per heavy atom. The maximum atomic E-state index is 13.2. The van der Waals surface area contributed by atoms with E-state index in [1.54, 1.807) is 54.7 Å². The number of aryl methyl sites for hydroxylation is 2. The van der Waals surface area contributed by atoms with Crippen LogP contribution in [0.15, 0.2) is 96.1 Å². The van der Waals surface area contributed by atoms with Crippen molar-refractivity contribution in [2.24, 2.45) is 5.10 Å². The molecule has 1 aromatic heterocycles. The van der Waals surface area contributed by atoms with Crippen molar-refractivity contribution in [3.05, 3.63) is 125 Å². The van der Waals surface area contributed by atoms with Gasteiger partial charge in [0.15, 0.2) is 5.60 Å². The standard InChI is InChI=1S/C28H27N3O2/c1-20-14-16-26(17-15-20)31-21(2)18-23(22(31)3)19-29-30-27(32)28(33,24-10-6-4-7-11-24)25-12-8-5-9-13-25/h4-19,33H,1-3H3,(H,30,32). The molecule has 2 N–H and O–H groups in total. The van der Waals surface area contributed by atoms with E-state index in [0.717, 1.165) is 22.6 Å². The van der Waals surface area contributed by atoms with Crippen LogP contribution in [0.4, 0.5) is 0 Å². The SMILES string of the molecule is Cc1ccc(-n2c(C)cc(C=NNC(=O)C(O)(c3ccccc3)c3ccccc3)c2C)cc1. The van der Waals surface area contributed by atoms with Crippen molar-refractivity contribution in [3.8, 4) is 5.69 Å². The molecule has 1 amide bonds. The normalized spacial score (nSPS) is 11.6. The molecule has 5 heteroatoms. The Labute approximate surface area is 194 Å². The third kappa shape index (κ3) is 4.36. The molecule has 0 atom stereocenters. The fourth-order valence-corrected chi connectivity index (χ4v) is 4.04. The Kier molecular flexibility index (Phi) is 6.24. The molecule has 0 aliphatic carbocycles. The van der Waals surface area contributed by atoms with E-state index in [9.17, 15) is 9.90 Å². The second-order valence-electron chi connectivity index (χ2n) is 8.14. The summed E-state index contributed by atoms with van der Waals surface area (Å²) in [5, 5.41) is 15.7. The van der Waals surface area contributed by atoms with E-state index in [0.29, 0.717) is 11.1 Å². The van der Waals surface area contributed by atoms with Gasteiger partial charge in [-0.2, -0.15) is 5.10 Å². The van der Waals surface area contributed by atoms with Gasteiger partial charge in [0.05, 0.1) is 6.21 Å². The predicted octanol–water partition coefficient (Wildman–Crippen LogP) is 4.79. The maximum Gasteiger partial charge on any atom is 0.281 e. The van der Waals surface area contributed by atoms with Gasteiger partial charge >= 0.3 is 0 Å². The van der Waals surface area contributed by atoms with Gasteiger partial charge in [0.2, 0.25) is 0 Å². The predicted molar refractivity (Wildman–Crippen MR) is 132 cm³/mol. The number of hydrogen-bond acceptors (Lipinski definition) is 3. The number of aromatic nitrogens is 1. The summed E-state index contributed by atoms with van der Waals surface area (Å²) in [6.45, 7) is 6.11. The second kappa shape index (κ2) is 9.27. The molecule has 5 nitrogen and oxygen atoms in total. The molecule has 0 aliphatic rings.